The number of H-pyrrole nitrogens is 1. The van der Waals surface area contributed by atoms with Crippen molar-refractivity contribution in [1.82, 2.24) is 14.6 Å². The molecule has 0 fully saturated rings. The van der Waals surface area contributed by atoms with Crippen LogP contribution in [0.4, 0.5) is 0 Å². The van der Waals surface area contributed by atoms with Crippen LogP contribution in [0.25, 0.3) is 10.9 Å². The number of para-hydroxylation sites is 1. The van der Waals surface area contributed by atoms with Crippen LogP contribution < -0.4 is 9.46 Å². The third kappa shape index (κ3) is 5.84. The Morgan fingerprint density at radius 3 is 2.24 bits per heavy atom. The molecule has 1 aliphatic heterocycles. The highest BCUT2D eigenvalue weighted by Gasteiger charge is 2.36. The van der Waals surface area contributed by atoms with E-state index in [4.69, 9.17) is 16.3 Å². The molecular weight excluding hydrogens is 566 g/mol. The van der Waals surface area contributed by atoms with Crippen molar-refractivity contribution in [3.8, 4) is 5.75 Å². The van der Waals surface area contributed by atoms with Crippen molar-refractivity contribution in [3.63, 3.8) is 0 Å². The van der Waals surface area contributed by atoms with Gasteiger partial charge in [0.2, 0.25) is 10.0 Å². The Morgan fingerprint density at radius 2 is 1.59 bits per heavy atom. The van der Waals surface area contributed by atoms with Crippen LogP contribution in [0.1, 0.15) is 54.3 Å². The molecule has 0 saturated carbocycles. The molecule has 0 radical (unpaired) electrons. The molecule has 1 aliphatic rings. The minimum Gasteiger partial charge on any atom is -0.494 e. The predicted molar refractivity (Wildman–Crippen MR) is 156 cm³/mol. The number of benzene rings is 3. The van der Waals surface area contributed by atoms with E-state index in [2.05, 4.69) is 9.71 Å². The molecule has 0 spiro atoms. The van der Waals surface area contributed by atoms with Crippen molar-refractivity contribution < 1.29 is 27.5 Å². The zero-order chi connectivity index (χ0) is 29.3. The largest absolute Gasteiger partial charge is 0.494 e. The van der Waals surface area contributed by atoms with Gasteiger partial charge in [0.15, 0.2) is 0 Å². The van der Waals surface area contributed by atoms with E-state index in [0.29, 0.717) is 41.3 Å². The van der Waals surface area contributed by atoms with Crippen molar-refractivity contribution in [1.29, 1.82) is 0 Å². The number of aromatic nitrogens is 1. The molecule has 11 heteroatoms. The standard InChI is InChI=1S/C30H28ClN3O6S/c1-18-16-20(17-19(2)26(18)31)40-14-7-11-22-21-8-5-6-12-25(21)32-27(22)28(35)33-41(38,39)15-13-34-29(36)23-9-3-4-10-24(23)30(34)37/h3-6,8-10,12,16-17,32H,7,11,13-15H2,1-2H3,(H,33,35). The van der Waals surface area contributed by atoms with E-state index in [1.165, 1.54) is 12.1 Å². The Balaban J connectivity index is 1.25. The molecule has 1 aromatic heterocycles. The molecule has 9 nitrogen and oxygen atoms in total. The van der Waals surface area contributed by atoms with E-state index in [1.54, 1.807) is 12.1 Å². The van der Waals surface area contributed by atoms with Crippen molar-refractivity contribution in [3.05, 3.63) is 99.2 Å². The summed E-state index contributed by atoms with van der Waals surface area (Å²) in [6, 6.07) is 17.4. The summed E-state index contributed by atoms with van der Waals surface area (Å²) in [6.45, 7) is 3.81. The van der Waals surface area contributed by atoms with Crippen LogP contribution in [0.3, 0.4) is 0 Å². The second kappa shape index (κ2) is 11.4. The number of carbonyl (C=O) groups is 3. The SMILES string of the molecule is Cc1cc(OCCCc2c(C(=O)NS(=O)(=O)CCN3C(=O)c4ccccc4C3=O)[nH]c3ccccc23)cc(C)c1Cl. The van der Waals surface area contributed by atoms with Crippen LogP contribution in [0.5, 0.6) is 5.75 Å². The maximum Gasteiger partial charge on any atom is 0.281 e. The van der Waals surface area contributed by atoms with Gasteiger partial charge < -0.3 is 9.72 Å². The van der Waals surface area contributed by atoms with E-state index >= 15 is 0 Å². The number of rotatable bonds is 10. The predicted octanol–water partition coefficient (Wildman–Crippen LogP) is 4.81. The van der Waals surface area contributed by atoms with Gasteiger partial charge in [0.05, 0.1) is 23.5 Å². The molecule has 212 valence electrons. The molecule has 2 N–H and O–H groups in total. The van der Waals surface area contributed by atoms with Crippen LogP contribution in [-0.2, 0) is 16.4 Å². The maximum atomic E-state index is 13.2. The molecule has 3 amide bonds. The first-order chi connectivity index (χ1) is 19.6. The summed E-state index contributed by atoms with van der Waals surface area (Å²) < 4.78 is 33.7. The lowest BCUT2D eigenvalue weighted by atomic mass is 10.1. The Bertz CT molecular complexity index is 1740. The van der Waals surface area contributed by atoms with E-state index < -0.39 is 33.5 Å². The first-order valence-electron chi connectivity index (χ1n) is 13.0. The highest BCUT2D eigenvalue weighted by atomic mass is 35.5. The number of aromatic amines is 1. The number of aryl methyl sites for hydroxylation is 3. The summed E-state index contributed by atoms with van der Waals surface area (Å²) in [5.41, 5.74) is 3.79. The molecule has 2 heterocycles. The number of ether oxygens (including phenoxy) is 1. The number of fused-ring (bicyclic) bond motifs is 2. The zero-order valence-electron chi connectivity index (χ0n) is 22.5. The Kier molecular flexibility index (Phi) is 7.88. The number of halogens is 1. The van der Waals surface area contributed by atoms with Crippen LogP contribution in [0.2, 0.25) is 5.02 Å². The molecule has 4 aromatic rings. The quantitative estimate of drug-likeness (QED) is 0.201. The number of nitrogens with zero attached hydrogens (tertiary/aromatic N) is 1. The number of carbonyl (C=O) groups excluding carboxylic acids is 3. The first-order valence-corrected chi connectivity index (χ1v) is 15.1. The van der Waals surface area contributed by atoms with Gasteiger partial charge in [-0.25, -0.2) is 13.1 Å². The minimum atomic E-state index is -4.18. The fourth-order valence-electron chi connectivity index (χ4n) is 4.98. The number of imide groups is 1. The lowest BCUT2D eigenvalue weighted by Gasteiger charge is -2.14. The minimum absolute atomic E-state index is 0.133. The number of amides is 3. The maximum absolute atomic E-state index is 13.2. The molecule has 0 unspecified atom stereocenters. The van der Waals surface area contributed by atoms with Gasteiger partial charge in [-0.15, -0.1) is 0 Å². The summed E-state index contributed by atoms with van der Waals surface area (Å²) in [6.07, 6.45) is 1.02. The van der Waals surface area contributed by atoms with E-state index in [0.717, 1.165) is 21.4 Å². The molecule has 3 aromatic carbocycles. The first kappa shape index (κ1) is 28.4. The molecule has 0 aliphatic carbocycles. The monoisotopic (exact) mass is 593 g/mol. The number of hydrogen-bond acceptors (Lipinski definition) is 6. The topological polar surface area (TPSA) is 126 Å². The summed E-state index contributed by atoms with van der Waals surface area (Å²) in [4.78, 5) is 42.3. The molecule has 41 heavy (non-hydrogen) atoms. The normalized spacial score (nSPS) is 13.1. The van der Waals surface area contributed by atoms with Gasteiger partial charge in [0.1, 0.15) is 11.4 Å². The highest BCUT2D eigenvalue weighted by molar-refractivity contribution is 7.90. The molecule has 0 bridgehead atoms. The van der Waals surface area contributed by atoms with Crippen molar-refractivity contribution in [2.75, 3.05) is 18.9 Å². The second-order valence-corrected chi connectivity index (χ2v) is 12.1. The van der Waals surface area contributed by atoms with Crippen molar-refractivity contribution in [2.45, 2.75) is 26.7 Å². The highest BCUT2D eigenvalue weighted by Crippen LogP contribution is 2.27. The van der Waals surface area contributed by atoms with Crippen molar-refractivity contribution >= 4 is 50.2 Å². The number of nitrogens with one attached hydrogen (secondary N) is 2. The summed E-state index contributed by atoms with van der Waals surface area (Å²) in [5.74, 6) is -1.85. The molecule has 5 rings (SSSR count). The number of hydrogen-bond donors (Lipinski definition) is 2. The van der Waals surface area contributed by atoms with Gasteiger partial charge in [-0.2, -0.15) is 0 Å². The van der Waals surface area contributed by atoms with Gasteiger partial charge in [-0.1, -0.05) is 41.9 Å². The fraction of sp³-hybridized carbons (Fsp3) is 0.233. The zero-order valence-corrected chi connectivity index (χ0v) is 24.1. The Hall–Kier alpha value is -4.15. The molecular formula is C30H28ClN3O6S. The molecule has 0 atom stereocenters. The summed E-state index contributed by atoms with van der Waals surface area (Å²) in [7, 11) is -4.18. The van der Waals surface area contributed by atoms with Crippen LogP contribution in [-0.4, -0.2) is 54.9 Å². The van der Waals surface area contributed by atoms with Crippen molar-refractivity contribution in [2.24, 2.45) is 0 Å². The number of sulfonamides is 1. The average Bonchev–Trinajstić information content (AvgIpc) is 3.43. The lowest BCUT2D eigenvalue weighted by molar-refractivity contribution is 0.0664. The Morgan fingerprint density at radius 1 is 0.976 bits per heavy atom. The van der Waals surface area contributed by atoms with Crippen LogP contribution in [0.15, 0.2) is 60.7 Å². The average molecular weight is 594 g/mol. The van der Waals surface area contributed by atoms with E-state index in [9.17, 15) is 22.8 Å². The Labute approximate surface area is 242 Å². The third-order valence-corrected chi connectivity index (χ3v) is 8.81. The second-order valence-electron chi connectivity index (χ2n) is 9.90. The fourth-order valence-corrected chi connectivity index (χ4v) is 6.00. The summed E-state index contributed by atoms with van der Waals surface area (Å²) >= 11 is 6.24. The van der Waals surface area contributed by atoms with Gasteiger partial charge in [-0.05, 0) is 73.7 Å². The smallest absolute Gasteiger partial charge is 0.281 e. The summed E-state index contributed by atoms with van der Waals surface area (Å²) in [5, 5.41) is 1.50. The van der Waals surface area contributed by atoms with Gasteiger partial charge in [0.25, 0.3) is 17.7 Å². The lowest BCUT2D eigenvalue weighted by Crippen LogP contribution is -2.39. The van der Waals surface area contributed by atoms with Crippen LogP contribution in [0, 0.1) is 13.8 Å². The van der Waals surface area contributed by atoms with E-state index in [1.807, 2.05) is 50.2 Å². The van der Waals surface area contributed by atoms with Crippen LogP contribution >= 0.6 is 11.6 Å². The van der Waals surface area contributed by atoms with Gasteiger partial charge >= 0.3 is 0 Å². The third-order valence-electron chi connectivity index (χ3n) is 7.00. The van der Waals surface area contributed by atoms with E-state index in [-0.39, 0.29) is 23.4 Å². The molecule has 0 saturated heterocycles. The van der Waals surface area contributed by atoms with Gasteiger partial charge in [-0.3, -0.25) is 19.3 Å². The van der Waals surface area contributed by atoms with Gasteiger partial charge in [0, 0.05) is 22.5 Å².